The molecule has 2 heterocycles. The van der Waals surface area contributed by atoms with E-state index in [1.165, 1.54) is 0 Å². The molecule has 0 atom stereocenters. The molecule has 0 amide bonds. The van der Waals surface area contributed by atoms with Gasteiger partial charge >= 0.3 is 0 Å². The van der Waals surface area contributed by atoms with Crippen molar-refractivity contribution in [2.75, 3.05) is 5.43 Å². The first-order chi connectivity index (χ1) is 9.83. The average Bonchev–Trinajstić information content (AvgIpc) is 2.49. The topological polar surface area (TPSA) is 50.2 Å². The summed E-state index contributed by atoms with van der Waals surface area (Å²) in [6.45, 7) is 0. The number of aromatic nitrogens is 2. The number of rotatable bonds is 3. The third kappa shape index (κ3) is 2.75. The second kappa shape index (κ2) is 5.67. The van der Waals surface area contributed by atoms with Crippen molar-refractivity contribution in [3.05, 3.63) is 65.4 Å². The molecule has 20 heavy (non-hydrogen) atoms. The molecule has 3 rings (SSSR count). The molecular formula is C15H11ClN4. The molecule has 0 saturated heterocycles. The van der Waals surface area contributed by atoms with E-state index in [9.17, 15) is 0 Å². The van der Waals surface area contributed by atoms with Gasteiger partial charge in [-0.25, -0.2) is 9.97 Å². The first-order valence-corrected chi connectivity index (χ1v) is 6.46. The lowest BCUT2D eigenvalue weighted by atomic mass is 10.2. The van der Waals surface area contributed by atoms with Gasteiger partial charge in [0.15, 0.2) is 0 Å². The quantitative estimate of drug-likeness (QED) is 0.452. The molecule has 5 heteroatoms. The van der Waals surface area contributed by atoms with Gasteiger partial charge < -0.3 is 0 Å². The fourth-order valence-electron chi connectivity index (χ4n) is 1.80. The lowest BCUT2D eigenvalue weighted by Gasteiger charge is -2.02. The van der Waals surface area contributed by atoms with Crippen LogP contribution in [-0.4, -0.2) is 16.2 Å². The largest absolute Gasteiger partial charge is 0.261 e. The molecule has 1 aromatic carbocycles. The zero-order valence-corrected chi connectivity index (χ0v) is 11.2. The van der Waals surface area contributed by atoms with E-state index >= 15 is 0 Å². The van der Waals surface area contributed by atoms with Crippen LogP contribution in [0.15, 0.2) is 59.8 Å². The van der Waals surface area contributed by atoms with Gasteiger partial charge in [-0.3, -0.25) is 5.43 Å². The van der Waals surface area contributed by atoms with Crippen molar-refractivity contribution >= 4 is 34.5 Å². The maximum Gasteiger partial charge on any atom is 0.146 e. The number of anilines is 1. The van der Waals surface area contributed by atoms with E-state index in [-0.39, 0.29) is 0 Å². The van der Waals surface area contributed by atoms with Crippen molar-refractivity contribution in [3.8, 4) is 0 Å². The molecule has 2 aromatic heterocycles. The van der Waals surface area contributed by atoms with Crippen LogP contribution in [0.1, 0.15) is 5.56 Å². The number of nitrogens with zero attached hydrogens (tertiary/aromatic N) is 3. The van der Waals surface area contributed by atoms with E-state index in [1.54, 1.807) is 12.4 Å². The summed E-state index contributed by atoms with van der Waals surface area (Å²) in [6, 6.07) is 15.3. The van der Waals surface area contributed by atoms with Crippen LogP contribution in [0.2, 0.25) is 5.15 Å². The zero-order valence-electron chi connectivity index (χ0n) is 10.5. The van der Waals surface area contributed by atoms with E-state index in [4.69, 9.17) is 11.6 Å². The van der Waals surface area contributed by atoms with Crippen LogP contribution < -0.4 is 5.43 Å². The van der Waals surface area contributed by atoms with E-state index in [1.807, 2.05) is 48.5 Å². The number of hydrogen-bond donors (Lipinski definition) is 1. The Labute approximate surface area is 121 Å². The molecule has 1 N–H and O–H groups in total. The highest BCUT2D eigenvalue weighted by Gasteiger charge is 2.02. The standard InChI is InChI=1S/C15H11ClN4/c16-15-12(9-11-5-1-2-6-13(11)19-15)10-18-20-14-7-3-4-8-17-14/h1-10H,(H,17,20)/b18-10+. The third-order valence-electron chi connectivity index (χ3n) is 2.75. The number of pyridine rings is 2. The molecule has 0 fully saturated rings. The van der Waals surface area contributed by atoms with Gasteiger partial charge in [-0.2, -0.15) is 5.10 Å². The van der Waals surface area contributed by atoms with Crippen LogP contribution in [0.3, 0.4) is 0 Å². The summed E-state index contributed by atoms with van der Waals surface area (Å²) in [7, 11) is 0. The van der Waals surface area contributed by atoms with Crippen molar-refractivity contribution < 1.29 is 0 Å². The molecular weight excluding hydrogens is 272 g/mol. The van der Waals surface area contributed by atoms with Gasteiger partial charge in [0.05, 0.1) is 11.7 Å². The minimum absolute atomic E-state index is 0.426. The normalized spacial score (nSPS) is 11.1. The Bertz CT molecular complexity index is 756. The Balaban J connectivity index is 1.85. The Morgan fingerprint density at radius 3 is 2.80 bits per heavy atom. The maximum absolute atomic E-state index is 6.14. The van der Waals surface area contributed by atoms with Crippen LogP contribution in [0, 0.1) is 0 Å². The van der Waals surface area contributed by atoms with Crippen LogP contribution in [0.5, 0.6) is 0 Å². The van der Waals surface area contributed by atoms with Gasteiger partial charge in [-0.1, -0.05) is 35.9 Å². The molecule has 0 aliphatic carbocycles. The summed E-state index contributed by atoms with van der Waals surface area (Å²) < 4.78 is 0. The maximum atomic E-state index is 6.14. The Hall–Kier alpha value is -2.46. The lowest BCUT2D eigenvalue weighted by molar-refractivity contribution is 1.23. The van der Waals surface area contributed by atoms with Crippen molar-refractivity contribution in [2.24, 2.45) is 5.10 Å². The van der Waals surface area contributed by atoms with Crippen LogP contribution in [-0.2, 0) is 0 Å². The summed E-state index contributed by atoms with van der Waals surface area (Å²) in [4.78, 5) is 8.44. The number of nitrogens with one attached hydrogen (secondary N) is 1. The number of para-hydroxylation sites is 1. The molecule has 3 aromatic rings. The molecule has 0 spiro atoms. The van der Waals surface area contributed by atoms with Crippen LogP contribution in [0.25, 0.3) is 10.9 Å². The predicted molar refractivity (Wildman–Crippen MR) is 82.2 cm³/mol. The highest BCUT2D eigenvalue weighted by Crippen LogP contribution is 2.19. The van der Waals surface area contributed by atoms with Crippen molar-refractivity contribution in [2.45, 2.75) is 0 Å². The third-order valence-corrected chi connectivity index (χ3v) is 3.05. The lowest BCUT2D eigenvalue weighted by Crippen LogP contribution is -1.94. The van der Waals surface area contributed by atoms with Crippen molar-refractivity contribution in [3.63, 3.8) is 0 Å². The van der Waals surface area contributed by atoms with Gasteiger partial charge in [-0.05, 0) is 24.3 Å². The average molecular weight is 283 g/mol. The fourth-order valence-corrected chi connectivity index (χ4v) is 1.99. The monoisotopic (exact) mass is 282 g/mol. The first kappa shape index (κ1) is 12.6. The number of fused-ring (bicyclic) bond motifs is 1. The Kier molecular flexibility index (Phi) is 3.56. The van der Waals surface area contributed by atoms with Crippen LogP contribution >= 0.6 is 11.6 Å². The summed E-state index contributed by atoms with van der Waals surface area (Å²) in [5.41, 5.74) is 4.47. The molecule has 0 unspecified atom stereocenters. The number of benzene rings is 1. The highest BCUT2D eigenvalue weighted by atomic mass is 35.5. The van der Waals surface area contributed by atoms with Crippen LogP contribution in [0.4, 0.5) is 5.82 Å². The van der Waals surface area contributed by atoms with Gasteiger partial charge in [0.1, 0.15) is 11.0 Å². The first-order valence-electron chi connectivity index (χ1n) is 6.08. The van der Waals surface area contributed by atoms with Gasteiger partial charge in [0.25, 0.3) is 0 Å². The van der Waals surface area contributed by atoms with Gasteiger partial charge in [0.2, 0.25) is 0 Å². The second-order valence-electron chi connectivity index (χ2n) is 4.15. The molecule has 98 valence electrons. The summed E-state index contributed by atoms with van der Waals surface area (Å²) >= 11 is 6.14. The molecule has 0 bridgehead atoms. The zero-order chi connectivity index (χ0) is 13.8. The Morgan fingerprint density at radius 1 is 1.10 bits per heavy atom. The molecule has 0 aliphatic heterocycles. The number of hydrazone groups is 1. The smallest absolute Gasteiger partial charge is 0.146 e. The van der Waals surface area contributed by atoms with E-state index in [0.717, 1.165) is 16.5 Å². The Morgan fingerprint density at radius 2 is 1.95 bits per heavy atom. The minimum atomic E-state index is 0.426. The molecule has 4 nitrogen and oxygen atoms in total. The minimum Gasteiger partial charge on any atom is -0.261 e. The van der Waals surface area contributed by atoms with Crippen molar-refractivity contribution in [1.29, 1.82) is 0 Å². The van der Waals surface area contributed by atoms with E-state index in [2.05, 4.69) is 20.5 Å². The van der Waals surface area contributed by atoms with E-state index in [0.29, 0.717) is 11.0 Å². The molecule has 0 aliphatic rings. The molecule has 0 saturated carbocycles. The highest BCUT2D eigenvalue weighted by molar-refractivity contribution is 6.32. The fraction of sp³-hybridized carbons (Fsp3) is 0. The second-order valence-corrected chi connectivity index (χ2v) is 4.50. The van der Waals surface area contributed by atoms with Crippen molar-refractivity contribution in [1.82, 2.24) is 9.97 Å². The van der Waals surface area contributed by atoms with Gasteiger partial charge in [0, 0.05) is 17.1 Å². The van der Waals surface area contributed by atoms with Gasteiger partial charge in [-0.15, -0.1) is 0 Å². The summed E-state index contributed by atoms with van der Waals surface area (Å²) in [6.07, 6.45) is 3.33. The SMILES string of the molecule is Clc1nc2ccccc2cc1/C=N/Nc1ccccn1. The summed E-state index contributed by atoms with van der Waals surface area (Å²) in [5.74, 6) is 0.675. The molecule has 0 radical (unpaired) electrons. The summed E-state index contributed by atoms with van der Waals surface area (Å²) in [5, 5.41) is 5.57. The number of hydrogen-bond acceptors (Lipinski definition) is 4. The number of halogens is 1. The predicted octanol–water partition coefficient (Wildman–Crippen LogP) is 3.73. The van der Waals surface area contributed by atoms with E-state index < -0.39 is 0 Å².